The molecule has 3 rings (SSSR count). The maximum Gasteiger partial charge on any atom is 0.260 e. The standard InChI is InChI=1S/C16H18ClN3O4/c1-8-11(13(17)20-19-8)14(22)18-10-6-4-5-9-12(10)16(3,23)24-15(9,2)7-21/h4-6,21,23H,7H2,1-3H3,(H,18,22)(H,19,20). The molecule has 7 nitrogen and oxygen atoms in total. The van der Waals surface area contributed by atoms with Crippen LogP contribution in [0.25, 0.3) is 0 Å². The number of nitrogens with one attached hydrogen (secondary N) is 2. The van der Waals surface area contributed by atoms with Crippen LogP contribution in [0, 0.1) is 6.92 Å². The van der Waals surface area contributed by atoms with E-state index < -0.39 is 17.3 Å². The Balaban J connectivity index is 2.04. The lowest BCUT2D eigenvalue weighted by Gasteiger charge is -2.25. The van der Waals surface area contributed by atoms with E-state index >= 15 is 0 Å². The number of halogens is 1. The zero-order valence-corrected chi connectivity index (χ0v) is 14.2. The smallest absolute Gasteiger partial charge is 0.260 e. The van der Waals surface area contributed by atoms with Crippen molar-refractivity contribution in [2.45, 2.75) is 32.2 Å². The first kappa shape index (κ1) is 16.9. The van der Waals surface area contributed by atoms with Gasteiger partial charge in [0.05, 0.1) is 12.2 Å². The molecular weight excluding hydrogens is 334 g/mol. The van der Waals surface area contributed by atoms with E-state index in [0.717, 1.165) is 0 Å². The summed E-state index contributed by atoms with van der Waals surface area (Å²) < 4.78 is 5.63. The highest BCUT2D eigenvalue weighted by Gasteiger charge is 2.49. The highest BCUT2D eigenvalue weighted by molar-refractivity contribution is 6.33. The molecule has 0 fully saturated rings. The molecule has 1 aliphatic heterocycles. The summed E-state index contributed by atoms with van der Waals surface area (Å²) in [5, 5.41) is 29.5. The predicted octanol–water partition coefficient (Wildman–Crippen LogP) is 2.03. The number of H-pyrrole nitrogens is 1. The van der Waals surface area contributed by atoms with Gasteiger partial charge in [0.2, 0.25) is 0 Å². The van der Waals surface area contributed by atoms with E-state index in [1.807, 2.05) is 0 Å². The molecule has 0 aliphatic carbocycles. The van der Waals surface area contributed by atoms with E-state index in [4.69, 9.17) is 16.3 Å². The Labute approximate surface area is 143 Å². The Bertz CT molecular complexity index is 798. The van der Waals surface area contributed by atoms with Crippen molar-refractivity contribution < 1.29 is 19.7 Å². The molecule has 2 unspecified atom stereocenters. The van der Waals surface area contributed by atoms with Crippen molar-refractivity contribution in [1.82, 2.24) is 10.2 Å². The normalized spacial score (nSPS) is 25.6. The third kappa shape index (κ3) is 2.50. The molecule has 4 N–H and O–H groups in total. The molecule has 0 saturated heterocycles. The Hall–Kier alpha value is -1.93. The number of fused-ring (bicyclic) bond motifs is 1. The number of hydrogen-bond donors (Lipinski definition) is 4. The van der Waals surface area contributed by atoms with Gasteiger partial charge in [-0.1, -0.05) is 23.7 Å². The number of aryl methyl sites for hydroxylation is 1. The molecule has 0 saturated carbocycles. The highest BCUT2D eigenvalue weighted by atomic mass is 35.5. The Morgan fingerprint density at radius 3 is 2.75 bits per heavy atom. The van der Waals surface area contributed by atoms with Crippen molar-refractivity contribution in [2.24, 2.45) is 0 Å². The summed E-state index contributed by atoms with van der Waals surface area (Å²) in [5.41, 5.74) is 1.13. The lowest BCUT2D eigenvalue weighted by molar-refractivity contribution is -0.251. The number of aromatic nitrogens is 2. The zero-order chi connectivity index (χ0) is 17.7. The maximum atomic E-state index is 12.5. The molecule has 2 atom stereocenters. The number of amides is 1. The van der Waals surface area contributed by atoms with E-state index in [9.17, 15) is 15.0 Å². The van der Waals surface area contributed by atoms with E-state index in [1.54, 1.807) is 32.0 Å². The molecule has 1 aliphatic rings. The number of ether oxygens (including phenoxy) is 1. The fourth-order valence-corrected chi connectivity index (χ4v) is 3.38. The molecule has 128 valence electrons. The van der Waals surface area contributed by atoms with Crippen molar-refractivity contribution >= 4 is 23.2 Å². The first-order valence-corrected chi connectivity index (χ1v) is 7.76. The fraction of sp³-hybridized carbons (Fsp3) is 0.375. The van der Waals surface area contributed by atoms with Gasteiger partial charge in [0, 0.05) is 16.9 Å². The first-order chi connectivity index (χ1) is 11.2. The summed E-state index contributed by atoms with van der Waals surface area (Å²) in [6, 6.07) is 5.12. The van der Waals surface area contributed by atoms with Gasteiger partial charge < -0.3 is 20.3 Å². The van der Waals surface area contributed by atoms with Gasteiger partial charge in [0.15, 0.2) is 10.9 Å². The minimum Gasteiger partial charge on any atom is -0.393 e. The van der Waals surface area contributed by atoms with E-state index in [-0.39, 0.29) is 17.3 Å². The second kappa shape index (κ2) is 5.56. The lowest BCUT2D eigenvalue weighted by atomic mass is 9.91. The predicted molar refractivity (Wildman–Crippen MR) is 87.8 cm³/mol. The van der Waals surface area contributed by atoms with Crippen molar-refractivity contribution in [3.63, 3.8) is 0 Å². The molecule has 0 bridgehead atoms. The van der Waals surface area contributed by atoms with Crippen molar-refractivity contribution in [3.8, 4) is 0 Å². The summed E-state index contributed by atoms with van der Waals surface area (Å²) in [4.78, 5) is 12.5. The molecule has 24 heavy (non-hydrogen) atoms. The van der Waals surface area contributed by atoms with Crippen LogP contribution in [-0.4, -0.2) is 32.9 Å². The van der Waals surface area contributed by atoms with Gasteiger partial charge >= 0.3 is 0 Å². The number of aromatic amines is 1. The van der Waals surface area contributed by atoms with Crippen LogP contribution < -0.4 is 5.32 Å². The summed E-state index contributed by atoms with van der Waals surface area (Å²) in [5.74, 6) is -2.10. The molecule has 8 heteroatoms. The monoisotopic (exact) mass is 351 g/mol. The van der Waals surface area contributed by atoms with Crippen LogP contribution in [0.5, 0.6) is 0 Å². The van der Waals surface area contributed by atoms with Crippen LogP contribution >= 0.6 is 11.6 Å². The molecule has 1 amide bonds. The summed E-state index contributed by atoms with van der Waals surface area (Å²) >= 11 is 5.94. The van der Waals surface area contributed by atoms with Crippen molar-refractivity contribution in [2.75, 3.05) is 11.9 Å². The molecule has 0 radical (unpaired) electrons. The van der Waals surface area contributed by atoms with Gasteiger partial charge in [-0.25, -0.2) is 0 Å². The average Bonchev–Trinajstić information content (AvgIpc) is 2.95. The SMILES string of the molecule is Cc1[nH]nc(Cl)c1C(=O)Nc1cccc2c1C(C)(O)OC2(C)CO. The molecule has 1 aromatic carbocycles. The van der Waals surface area contributed by atoms with Crippen LogP contribution in [0.4, 0.5) is 5.69 Å². The minimum atomic E-state index is -1.65. The summed E-state index contributed by atoms with van der Waals surface area (Å²) in [6.07, 6.45) is 0. The molecule has 1 aromatic heterocycles. The van der Waals surface area contributed by atoms with E-state index in [2.05, 4.69) is 15.5 Å². The van der Waals surface area contributed by atoms with Gasteiger partial charge in [-0.3, -0.25) is 9.89 Å². The number of hydrogen-bond acceptors (Lipinski definition) is 5. The average molecular weight is 352 g/mol. The largest absolute Gasteiger partial charge is 0.393 e. The highest BCUT2D eigenvalue weighted by Crippen LogP contribution is 2.48. The topological polar surface area (TPSA) is 107 Å². The molecule has 2 aromatic rings. The number of rotatable bonds is 3. The Morgan fingerprint density at radius 1 is 1.46 bits per heavy atom. The molecule has 0 spiro atoms. The van der Waals surface area contributed by atoms with Crippen LogP contribution in [0.2, 0.25) is 5.15 Å². The van der Waals surface area contributed by atoms with E-state index in [0.29, 0.717) is 22.5 Å². The summed E-state index contributed by atoms with van der Waals surface area (Å²) in [6.45, 7) is 4.53. The number of aliphatic hydroxyl groups excluding tert-OH is 1. The maximum absolute atomic E-state index is 12.5. The third-order valence-corrected chi connectivity index (χ3v) is 4.48. The first-order valence-electron chi connectivity index (χ1n) is 7.39. The van der Waals surface area contributed by atoms with Crippen LogP contribution in [0.15, 0.2) is 18.2 Å². The van der Waals surface area contributed by atoms with Crippen LogP contribution in [-0.2, 0) is 16.1 Å². The number of nitrogens with zero attached hydrogens (tertiary/aromatic N) is 1. The second-order valence-electron chi connectivity index (χ2n) is 6.17. The van der Waals surface area contributed by atoms with Gasteiger partial charge in [-0.15, -0.1) is 0 Å². The lowest BCUT2D eigenvalue weighted by Crippen LogP contribution is -2.31. The third-order valence-electron chi connectivity index (χ3n) is 4.20. The number of anilines is 1. The fourth-order valence-electron chi connectivity index (χ4n) is 3.11. The Kier molecular flexibility index (Phi) is 3.92. The quantitative estimate of drug-likeness (QED) is 0.676. The van der Waals surface area contributed by atoms with Gasteiger partial charge in [-0.2, -0.15) is 5.10 Å². The minimum absolute atomic E-state index is 0.0702. The molecule has 2 heterocycles. The number of carbonyl (C=O) groups excluding carboxylic acids is 1. The number of benzene rings is 1. The zero-order valence-electron chi connectivity index (χ0n) is 13.5. The second-order valence-corrected chi connectivity index (χ2v) is 6.53. The summed E-state index contributed by atoms with van der Waals surface area (Å²) in [7, 11) is 0. The number of aliphatic hydroxyl groups is 2. The van der Waals surface area contributed by atoms with Crippen LogP contribution in [0.3, 0.4) is 0 Å². The van der Waals surface area contributed by atoms with Crippen LogP contribution in [0.1, 0.15) is 41.0 Å². The van der Waals surface area contributed by atoms with E-state index in [1.165, 1.54) is 6.92 Å². The number of carbonyl (C=O) groups is 1. The molecular formula is C16H18ClN3O4. The van der Waals surface area contributed by atoms with Crippen molar-refractivity contribution in [3.05, 3.63) is 45.7 Å². The Morgan fingerprint density at radius 2 is 2.17 bits per heavy atom. The van der Waals surface area contributed by atoms with Gasteiger partial charge in [-0.05, 0) is 32.4 Å². The van der Waals surface area contributed by atoms with Crippen molar-refractivity contribution in [1.29, 1.82) is 0 Å². The van der Waals surface area contributed by atoms with Gasteiger partial charge in [0.25, 0.3) is 5.91 Å². The van der Waals surface area contributed by atoms with Gasteiger partial charge in [0.1, 0.15) is 5.60 Å².